The molecule has 0 rings (SSSR count). The zero-order valence-electron chi connectivity index (χ0n) is 11.1. The summed E-state index contributed by atoms with van der Waals surface area (Å²) in [6, 6.07) is 0. The topological polar surface area (TPSA) is 0 Å². The van der Waals surface area contributed by atoms with E-state index >= 15 is 0 Å². The van der Waals surface area contributed by atoms with Crippen molar-refractivity contribution in [2.24, 2.45) is 0 Å². The molecular formula is C13H24Si2. The first-order valence-corrected chi connectivity index (χ1v) is 12.6. The lowest BCUT2D eigenvalue weighted by molar-refractivity contribution is 1.32. The smallest absolute Gasteiger partial charge is 0.127 e. The molecule has 0 radical (unpaired) electrons. The van der Waals surface area contributed by atoms with Crippen molar-refractivity contribution >= 4 is 16.1 Å². The van der Waals surface area contributed by atoms with Crippen LogP contribution in [0, 0.1) is 11.5 Å². The van der Waals surface area contributed by atoms with Crippen molar-refractivity contribution < 1.29 is 0 Å². The van der Waals surface area contributed by atoms with E-state index in [1.807, 2.05) is 6.08 Å². The summed E-state index contributed by atoms with van der Waals surface area (Å²) in [5, 5.41) is 0. The Balaban J connectivity index is 4.90. The van der Waals surface area contributed by atoms with Gasteiger partial charge in [-0.1, -0.05) is 57.0 Å². The van der Waals surface area contributed by atoms with Crippen LogP contribution in [0.1, 0.15) is 6.42 Å². The number of hydrogen-bond donors (Lipinski definition) is 0. The van der Waals surface area contributed by atoms with E-state index in [0.717, 1.165) is 6.42 Å². The monoisotopic (exact) mass is 236 g/mol. The fraction of sp³-hybridized carbons (Fsp3) is 0.538. The Bertz CT molecular complexity index is 300. The van der Waals surface area contributed by atoms with Crippen LogP contribution in [-0.4, -0.2) is 16.1 Å². The largest absolute Gasteiger partial charge is 0.129 e. The van der Waals surface area contributed by atoms with Crippen molar-refractivity contribution in [3.05, 3.63) is 23.9 Å². The van der Waals surface area contributed by atoms with Gasteiger partial charge < -0.3 is 0 Å². The second kappa shape index (κ2) is 5.53. The minimum atomic E-state index is -1.25. The predicted octanol–water partition coefficient (Wildman–Crippen LogP) is 4.25. The molecule has 0 aromatic rings. The lowest BCUT2D eigenvalue weighted by Gasteiger charge is -2.11. The highest BCUT2D eigenvalue weighted by Crippen LogP contribution is 2.10. The molecule has 0 bridgehead atoms. The first-order valence-electron chi connectivity index (χ1n) is 5.50. The van der Waals surface area contributed by atoms with Gasteiger partial charge >= 0.3 is 0 Å². The highest BCUT2D eigenvalue weighted by Gasteiger charge is 2.11. The zero-order chi connectivity index (χ0) is 12.1. The van der Waals surface area contributed by atoms with Gasteiger partial charge in [-0.2, -0.15) is 0 Å². The van der Waals surface area contributed by atoms with E-state index in [1.165, 1.54) is 5.57 Å². The van der Waals surface area contributed by atoms with E-state index < -0.39 is 16.1 Å². The van der Waals surface area contributed by atoms with Crippen molar-refractivity contribution in [2.45, 2.75) is 45.7 Å². The summed E-state index contributed by atoms with van der Waals surface area (Å²) in [4.78, 5) is 0. The quantitative estimate of drug-likeness (QED) is 0.390. The van der Waals surface area contributed by atoms with Gasteiger partial charge in [0.15, 0.2) is 0 Å². The Morgan fingerprint density at radius 1 is 1.13 bits per heavy atom. The third-order valence-corrected chi connectivity index (χ3v) is 3.66. The summed E-state index contributed by atoms with van der Waals surface area (Å²) >= 11 is 0. The van der Waals surface area contributed by atoms with Crippen LogP contribution in [0.4, 0.5) is 0 Å². The molecule has 84 valence electrons. The van der Waals surface area contributed by atoms with Crippen LogP contribution in [0.15, 0.2) is 23.9 Å². The lowest BCUT2D eigenvalue weighted by atomic mass is 10.2. The van der Waals surface area contributed by atoms with Gasteiger partial charge in [-0.3, -0.25) is 0 Å². The summed E-state index contributed by atoms with van der Waals surface area (Å²) in [5.74, 6) is 3.35. The fourth-order valence-electron chi connectivity index (χ4n) is 1.09. The van der Waals surface area contributed by atoms with Crippen molar-refractivity contribution in [1.82, 2.24) is 0 Å². The Labute approximate surface area is 97.5 Å². The molecule has 0 aliphatic rings. The van der Waals surface area contributed by atoms with E-state index in [1.54, 1.807) is 0 Å². The van der Waals surface area contributed by atoms with Gasteiger partial charge in [0.2, 0.25) is 0 Å². The Kier molecular flexibility index (Phi) is 5.33. The van der Waals surface area contributed by atoms with E-state index in [9.17, 15) is 0 Å². The first kappa shape index (κ1) is 14.5. The van der Waals surface area contributed by atoms with E-state index in [-0.39, 0.29) is 0 Å². The second-order valence-electron chi connectivity index (χ2n) is 6.03. The minimum Gasteiger partial charge on any atom is -0.127 e. The predicted molar refractivity (Wildman–Crippen MR) is 77.4 cm³/mol. The van der Waals surface area contributed by atoms with Crippen LogP contribution >= 0.6 is 0 Å². The van der Waals surface area contributed by atoms with E-state index in [4.69, 9.17) is 0 Å². The maximum Gasteiger partial charge on any atom is 0.129 e. The van der Waals surface area contributed by atoms with Gasteiger partial charge in [-0.05, 0) is 12.0 Å². The van der Waals surface area contributed by atoms with Gasteiger partial charge in [-0.25, -0.2) is 0 Å². The molecule has 0 amide bonds. The molecule has 0 spiro atoms. The Morgan fingerprint density at radius 3 is 2.00 bits per heavy atom. The van der Waals surface area contributed by atoms with Gasteiger partial charge in [0.05, 0.1) is 8.07 Å². The van der Waals surface area contributed by atoms with Crippen molar-refractivity contribution in [1.29, 1.82) is 0 Å². The molecule has 2 heteroatoms. The number of hydrogen-bond acceptors (Lipinski definition) is 0. The lowest BCUT2D eigenvalue weighted by Crippen LogP contribution is -2.18. The molecule has 0 nitrogen and oxygen atoms in total. The third-order valence-electron chi connectivity index (χ3n) is 1.57. The molecule has 0 saturated carbocycles. The SMILES string of the molecule is C=CC/C(C#C[Si](C)(C)C)=C/[Si](C)(C)C. The van der Waals surface area contributed by atoms with Crippen LogP contribution in [-0.2, 0) is 0 Å². The van der Waals surface area contributed by atoms with Crippen LogP contribution < -0.4 is 0 Å². The number of allylic oxidation sites excluding steroid dienone is 2. The molecule has 0 heterocycles. The normalized spacial score (nSPS) is 13.1. The van der Waals surface area contributed by atoms with Crippen LogP contribution in [0.2, 0.25) is 39.3 Å². The molecule has 0 aromatic heterocycles. The first-order chi connectivity index (χ1) is 6.64. The van der Waals surface area contributed by atoms with Crippen molar-refractivity contribution in [3.63, 3.8) is 0 Å². The van der Waals surface area contributed by atoms with Crippen molar-refractivity contribution in [3.8, 4) is 11.5 Å². The zero-order valence-corrected chi connectivity index (χ0v) is 13.1. The van der Waals surface area contributed by atoms with Crippen LogP contribution in [0.25, 0.3) is 0 Å². The molecule has 0 fully saturated rings. The Morgan fingerprint density at radius 2 is 1.67 bits per heavy atom. The minimum absolute atomic E-state index is 0.918. The maximum absolute atomic E-state index is 3.79. The molecule has 15 heavy (non-hydrogen) atoms. The summed E-state index contributed by atoms with van der Waals surface area (Å²) in [6.45, 7) is 17.6. The summed E-state index contributed by atoms with van der Waals surface area (Å²) in [7, 11) is -2.40. The average molecular weight is 237 g/mol. The third kappa shape index (κ3) is 9.77. The molecule has 0 unspecified atom stereocenters. The fourth-order valence-corrected chi connectivity index (χ4v) is 2.86. The molecule has 0 N–H and O–H groups in total. The summed E-state index contributed by atoms with van der Waals surface area (Å²) in [5.41, 5.74) is 7.09. The van der Waals surface area contributed by atoms with Crippen molar-refractivity contribution in [2.75, 3.05) is 0 Å². The standard InChI is InChI=1S/C13H24Si2/c1-8-9-13(12-15(5,6)7)10-11-14(2,3)4/h8,12H,1,9H2,2-7H3/b13-12-. The summed E-state index contributed by atoms with van der Waals surface area (Å²) in [6.07, 6.45) is 2.87. The Hall–Kier alpha value is -0.526. The second-order valence-corrected chi connectivity index (χ2v) is 15.8. The molecule has 0 saturated heterocycles. The highest BCUT2D eigenvalue weighted by atomic mass is 28.3. The molecule has 0 aliphatic heterocycles. The van der Waals surface area contributed by atoms with Crippen LogP contribution in [0.3, 0.4) is 0 Å². The van der Waals surface area contributed by atoms with E-state index in [2.05, 4.69) is 63.0 Å². The van der Waals surface area contributed by atoms with Gasteiger partial charge in [-0.15, -0.1) is 12.1 Å². The molecular weight excluding hydrogens is 212 g/mol. The van der Waals surface area contributed by atoms with Gasteiger partial charge in [0, 0.05) is 0 Å². The molecule has 0 aromatic carbocycles. The number of rotatable bonds is 3. The van der Waals surface area contributed by atoms with Gasteiger partial charge in [0.25, 0.3) is 0 Å². The van der Waals surface area contributed by atoms with E-state index in [0.29, 0.717) is 0 Å². The van der Waals surface area contributed by atoms with Gasteiger partial charge in [0.1, 0.15) is 8.07 Å². The average Bonchev–Trinajstić information content (AvgIpc) is 1.96. The molecule has 0 atom stereocenters. The summed E-state index contributed by atoms with van der Waals surface area (Å²) < 4.78 is 0. The van der Waals surface area contributed by atoms with Crippen LogP contribution in [0.5, 0.6) is 0 Å². The molecule has 0 aliphatic carbocycles. The highest BCUT2D eigenvalue weighted by molar-refractivity contribution is 6.84. The maximum atomic E-state index is 3.79.